The van der Waals surface area contributed by atoms with Gasteiger partial charge in [0.1, 0.15) is 11.3 Å². The molecule has 1 aliphatic rings. The van der Waals surface area contributed by atoms with E-state index in [0.29, 0.717) is 52.4 Å². The molecule has 0 saturated carbocycles. The van der Waals surface area contributed by atoms with Crippen LogP contribution in [0.25, 0.3) is 45.0 Å². The van der Waals surface area contributed by atoms with Gasteiger partial charge in [-0.05, 0) is 84.6 Å². The Labute approximate surface area is 259 Å². The number of hydrogen-bond donors (Lipinski definition) is 2. The molecule has 13 heteroatoms. The number of anilines is 1. The number of nitrogen functional groups attached to an aromatic ring is 1. The lowest BCUT2D eigenvalue weighted by Gasteiger charge is -2.16. The monoisotopic (exact) mass is 618 g/mol. The van der Waals surface area contributed by atoms with Crippen molar-refractivity contribution in [3.63, 3.8) is 0 Å². The zero-order valence-electron chi connectivity index (χ0n) is 24.0. The fourth-order valence-electron chi connectivity index (χ4n) is 6.01. The van der Waals surface area contributed by atoms with E-state index < -0.39 is 12.5 Å². The molecule has 2 aromatic carbocycles. The van der Waals surface area contributed by atoms with E-state index in [2.05, 4.69) is 26.2 Å². The standard InChI is InChI=1S/C33H24F2N8O3/c34-33(35)46-26-17-20(15-19-10-14-45-28(19)26)32(44)40-24-7-4-18-16-21(5-6-22(18)24)43-30(23-3-1-11-37-29(23)36)39-25-8-9-27(41-31(25)43)42-13-2-12-38-42/h1-3,5-6,8-17,24,33H,4,7H2,(H2,36,37)(H,40,44)/t24-/m0/s1. The number of furan rings is 1. The summed E-state index contributed by atoms with van der Waals surface area (Å²) in [5.41, 5.74) is 11.4. The average Bonchev–Trinajstić information content (AvgIpc) is 3.87. The second kappa shape index (κ2) is 10.8. The number of fused-ring (bicyclic) bond motifs is 3. The quantitative estimate of drug-likeness (QED) is 0.221. The van der Waals surface area contributed by atoms with Crippen molar-refractivity contribution >= 4 is 33.9 Å². The van der Waals surface area contributed by atoms with E-state index in [4.69, 9.17) is 20.1 Å². The highest BCUT2D eigenvalue weighted by atomic mass is 19.3. The number of hydrogen-bond acceptors (Lipinski definition) is 8. The van der Waals surface area contributed by atoms with Gasteiger partial charge in [0.15, 0.2) is 28.6 Å². The van der Waals surface area contributed by atoms with Crippen molar-refractivity contribution in [3.05, 3.63) is 108 Å². The number of halogens is 2. The van der Waals surface area contributed by atoms with Gasteiger partial charge in [0.05, 0.1) is 17.9 Å². The third-order valence-corrected chi connectivity index (χ3v) is 8.07. The summed E-state index contributed by atoms with van der Waals surface area (Å²) < 4.78 is 39.6. The first-order valence-corrected chi connectivity index (χ1v) is 14.4. The number of carbonyl (C=O) groups is 1. The lowest BCUT2D eigenvalue weighted by atomic mass is 10.1. The number of amides is 1. The van der Waals surface area contributed by atoms with E-state index in [9.17, 15) is 13.6 Å². The average molecular weight is 619 g/mol. The van der Waals surface area contributed by atoms with Crippen LogP contribution >= 0.6 is 0 Å². The van der Waals surface area contributed by atoms with Crippen LogP contribution in [0.3, 0.4) is 0 Å². The molecule has 11 nitrogen and oxygen atoms in total. The van der Waals surface area contributed by atoms with E-state index >= 15 is 0 Å². The number of pyridine rings is 2. The van der Waals surface area contributed by atoms with Crippen molar-refractivity contribution in [1.82, 2.24) is 34.6 Å². The van der Waals surface area contributed by atoms with Gasteiger partial charge in [-0.25, -0.2) is 19.6 Å². The second-order valence-electron chi connectivity index (χ2n) is 10.8. The molecule has 46 heavy (non-hydrogen) atoms. The van der Waals surface area contributed by atoms with Crippen LogP contribution in [0.2, 0.25) is 0 Å². The molecule has 0 fully saturated rings. The number of carbonyl (C=O) groups excluding carboxylic acids is 1. The minimum Gasteiger partial charge on any atom is -0.460 e. The van der Waals surface area contributed by atoms with Crippen LogP contribution in [-0.2, 0) is 6.42 Å². The van der Waals surface area contributed by atoms with Gasteiger partial charge in [-0.1, -0.05) is 6.07 Å². The summed E-state index contributed by atoms with van der Waals surface area (Å²) >= 11 is 0. The van der Waals surface area contributed by atoms with E-state index in [1.165, 1.54) is 12.3 Å². The van der Waals surface area contributed by atoms with Crippen LogP contribution in [0.15, 0.2) is 96.0 Å². The molecule has 3 N–H and O–H groups in total. The topological polar surface area (TPSA) is 139 Å². The number of aromatic nitrogens is 6. The number of nitrogens with one attached hydrogen (secondary N) is 1. The number of nitrogens with two attached hydrogens (primary N) is 1. The van der Waals surface area contributed by atoms with Gasteiger partial charge in [0.2, 0.25) is 0 Å². The van der Waals surface area contributed by atoms with Crippen molar-refractivity contribution in [1.29, 1.82) is 0 Å². The molecule has 0 bridgehead atoms. The predicted molar refractivity (Wildman–Crippen MR) is 165 cm³/mol. The van der Waals surface area contributed by atoms with Gasteiger partial charge in [0, 0.05) is 35.2 Å². The minimum atomic E-state index is -3.06. The summed E-state index contributed by atoms with van der Waals surface area (Å²) in [6.07, 6.45) is 7.86. The summed E-state index contributed by atoms with van der Waals surface area (Å²) in [6.45, 7) is -3.06. The van der Waals surface area contributed by atoms with Crippen LogP contribution in [-0.4, -0.2) is 41.8 Å². The van der Waals surface area contributed by atoms with Gasteiger partial charge in [-0.2, -0.15) is 13.9 Å². The Balaban J connectivity index is 1.16. The highest BCUT2D eigenvalue weighted by Gasteiger charge is 2.27. The lowest BCUT2D eigenvalue weighted by molar-refractivity contribution is -0.0494. The number of ether oxygens (including phenoxy) is 1. The summed E-state index contributed by atoms with van der Waals surface area (Å²) in [7, 11) is 0. The van der Waals surface area contributed by atoms with Crippen molar-refractivity contribution in [2.75, 3.05) is 5.73 Å². The van der Waals surface area contributed by atoms with E-state index in [1.807, 2.05) is 47.2 Å². The van der Waals surface area contributed by atoms with Crippen LogP contribution in [0.4, 0.5) is 14.6 Å². The summed E-state index contributed by atoms with van der Waals surface area (Å²) in [5, 5.41) is 7.87. The Morgan fingerprint density at radius 3 is 2.80 bits per heavy atom. The molecule has 0 radical (unpaired) electrons. The maximum Gasteiger partial charge on any atom is 0.387 e. The van der Waals surface area contributed by atoms with E-state index in [0.717, 1.165) is 16.8 Å². The highest BCUT2D eigenvalue weighted by molar-refractivity contribution is 5.99. The van der Waals surface area contributed by atoms with Gasteiger partial charge in [-0.3, -0.25) is 9.36 Å². The maximum atomic E-state index is 13.3. The molecule has 0 aliphatic heterocycles. The molecule has 1 atom stereocenters. The van der Waals surface area contributed by atoms with E-state index in [-0.39, 0.29) is 22.9 Å². The van der Waals surface area contributed by atoms with Crippen molar-refractivity contribution < 1.29 is 22.7 Å². The summed E-state index contributed by atoms with van der Waals surface area (Å²) in [5.74, 6) is 0.954. The zero-order valence-corrected chi connectivity index (χ0v) is 24.0. The minimum absolute atomic E-state index is 0.154. The highest BCUT2D eigenvalue weighted by Crippen LogP contribution is 2.37. The van der Waals surface area contributed by atoms with Gasteiger partial charge in [0.25, 0.3) is 5.91 Å². The number of alkyl halides is 2. The molecular weight excluding hydrogens is 594 g/mol. The van der Waals surface area contributed by atoms with Crippen molar-refractivity contribution in [2.24, 2.45) is 0 Å². The number of nitrogens with zero attached hydrogens (tertiary/aromatic N) is 6. The fourth-order valence-corrected chi connectivity index (χ4v) is 6.01. The first-order chi connectivity index (χ1) is 22.4. The van der Waals surface area contributed by atoms with Crippen LogP contribution in [0, 0.1) is 0 Å². The van der Waals surface area contributed by atoms with Gasteiger partial charge in [-0.15, -0.1) is 0 Å². The lowest BCUT2D eigenvalue weighted by Crippen LogP contribution is -2.27. The molecule has 0 saturated heterocycles. The maximum absolute atomic E-state index is 13.3. The Morgan fingerprint density at radius 2 is 1.98 bits per heavy atom. The van der Waals surface area contributed by atoms with Crippen LogP contribution < -0.4 is 15.8 Å². The molecule has 0 unspecified atom stereocenters. The number of imidazole rings is 1. The molecule has 1 aliphatic carbocycles. The zero-order chi connectivity index (χ0) is 31.4. The Bertz CT molecular complexity index is 2260. The predicted octanol–water partition coefficient (Wildman–Crippen LogP) is 6.02. The first kappa shape index (κ1) is 27.4. The third-order valence-electron chi connectivity index (χ3n) is 8.07. The number of rotatable bonds is 7. The normalized spacial score (nSPS) is 14.3. The molecule has 8 rings (SSSR count). The molecule has 5 aromatic heterocycles. The molecule has 0 spiro atoms. The molecule has 228 valence electrons. The fraction of sp³-hybridized carbons (Fsp3) is 0.121. The van der Waals surface area contributed by atoms with Crippen LogP contribution in [0.5, 0.6) is 5.75 Å². The number of aryl methyl sites for hydroxylation is 1. The molecule has 5 heterocycles. The Kier molecular flexibility index (Phi) is 6.44. The van der Waals surface area contributed by atoms with Gasteiger partial charge < -0.3 is 20.2 Å². The van der Waals surface area contributed by atoms with Crippen LogP contribution in [0.1, 0.15) is 33.9 Å². The second-order valence-corrected chi connectivity index (χ2v) is 10.8. The first-order valence-electron chi connectivity index (χ1n) is 14.4. The molecule has 7 aromatic rings. The smallest absolute Gasteiger partial charge is 0.387 e. The number of benzene rings is 2. The SMILES string of the molecule is Nc1ncccc1-c1nc2ccc(-n3cccn3)nc2n1-c1ccc2c(c1)CC[C@@H]2NC(=O)c1cc(OC(F)F)c2occc2c1. The Hall–Kier alpha value is -6.11. The summed E-state index contributed by atoms with van der Waals surface area (Å²) in [4.78, 5) is 27.4. The van der Waals surface area contributed by atoms with Crippen molar-refractivity contribution in [3.8, 4) is 28.6 Å². The van der Waals surface area contributed by atoms with E-state index in [1.54, 1.807) is 35.3 Å². The third kappa shape index (κ3) is 4.69. The molecular formula is C33H24F2N8O3. The largest absolute Gasteiger partial charge is 0.460 e. The van der Waals surface area contributed by atoms with Crippen molar-refractivity contribution in [2.45, 2.75) is 25.5 Å². The molecule has 1 amide bonds. The summed E-state index contributed by atoms with van der Waals surface area (Å²) in [6, 6.07) is 19.4. The van der Waals surface area contributed by atoms with Gasteiger partial charge >= 0.3 is 6.61 Å². The Morgan fingerprint density at radius 1 is 1.07 bits per heavy atom.